The van der Waals surface area contributed by atoms with Crippen LogP contribution in [0.25, 0.3) is 0 Å². The van der Waals surface area contributed by atoms with E-state index >= 15 is 0 Å². The van der Waals surface area contributed by atoms with Crippen molar-refractivity contribution in [2.45, 2.75) is 17.1 Å². The fourth-order valence-electron chi connectivity index (χ4n) is 2.77. The van der Waals surface area contributed by atoms with Gasteiger partial charge in [0.2, 0.25) is 5.91 Å². The molecule has 5 nitrogen and oxygen atoms in total. The number of carbonyl (C=O) groups excluding carboxylic acids is 1. The number of sulfonamides is 1. The van der Waals surface area contributed by atoms with Gasteiger partial charge in [0.25, 0.3) is 10.0 Å². The van der Waals surface area contributed by atoms with Crippen LogP contribution in [-0.4, -0.2) is 31.7 Å². The van der Waals surface area contributed by atoms with E-state index in [0.717, 1.165) is 11.3 Å². The van der Waals surface area contributed by atoms with Crippen LogP contribution in [0.4, 0.5) is 5.69 Å². The number of nitrogens with one attached hydrogen (secondary N) is 1. The molecule has 2 aromatic rings. The molecule has 1 amide bonds. The maximum Gasteiger partial charge on any atom is 0.252 e. The summed E-state index contributed by atoms with van der Waals surface area (Å²) in [5, 5.41) is 3.34. The van der Waals surface area contributed by atoms with Crippen molar-refractivity contribution in [3.63, 3.8) is 0 Å². The van der Waals surface area contributed by atoms with Crippen molar-refractivity contribution < 1.29 is 13.2 Å². The largest absolute Gasteiger partial charge is 0.324 e. The lowest BCUT2D eigenvalue weighted by Gasteiger charge is -2.30. The topological polar surface area (TPSA) is 66.5 Å². The average molecular weight is 454 g/mol. The summed E-state index contributed by atoms with van der Waals surface area (Å²) in [6.45, 7) is 0.488. The molecule has 2 heterocycles. The molecule has 1 aromatic carbocycles. The smallest absolute Gasteiger partial charge is 0.252 e. The molecule has 140 valence electrons. The van der Waals surface area contributed by atoms with Gasteiger partial charge in [0.1, 0.15) is 4.21 Å². The van der Waals surface area contributed by atoms with Gasteiger partial charge in [0, 0.05) is 13.1 Å². The molecular formula is C16H15Cl3N2O3S2. The second kappa shape index (κ2) is 8.04. The minimum atomic E-state index is -3.66. The standard InChI is InChI=1S/C16H15Cl3N2O3S2/c17-11-4-1-5-12(15(11)19)20-16(22)10-3-2-8-21(9-10)26(23,24)14-7-6-13(18)25-14/h1,4-7,10H,2-3,8-9H2,(H,20,22). The average Bonchev–Trinajstić information content (AvgIpc) is 3.06. The van der Waals surface area contributed by atoms with Crippen LogP contribution in [0.2, 0.25) is 14.4 Å². The monoisotopic (exact) mass is 452 g/mol. The van der Waals surface area contributed by atoms with Gasteiger partial charge >= 0.3 is 0 Å². The summed E-state index contributed by atoms with van der Waals surface area (Å²) in [6.07, 6.45) is 1.20. The molecule has 26 heavy (non-hydrogen) atoms. The van der Waals surface area contributed by atoms with Crippen LogP contribution in [0.5, 0.6) is 0 Å². The van der Waals surface area contributed by atoms with Crippen LogP contribution >= 0.6 is 46.1 Å². The number of halogens is 3. The number of anilines is 1. The van der Waals surface area contributed by atoms with E-state index in [1.54, 1.807) is 24.3 Å². The first-order valence-corrected chi connectivity index (χ1v) is 11.2. The quantitative estimate of drug-likeness (QED) is 0.726. The first-order chi connectivity index (χ1) is 12.3. The van der Waals surface area contributed by atoms with Crippen LogP contribution in [0.1, 0.15) is 12.8 Å². The summed E-state index contributed by atoms with van der Waals surface area (Å²) in [5.74, 6) is -0.748. The Bertz CT molecular complexity index is 931. The van der Waals surface area contributed by atoms with Crippen LogP contribution in [0, 0.1) is 5.92 Å². The zero-order valence-corrected chi connectivity index (χ0v) is 17.3. The van der Waals surface area contributed by atoms with Gasteiger partial charge < -0.3 is 5.32 Å². The number of rotatable bonds is 4. The maximum absolute atomic E-state index is 12.7. The number of benzene rings is 1. The minimum absolute atomic E-state index is 0.113. The highest BCUT2D eigenvalue weighted by atomic mass is 35.5. The summed E-state index contributed by atoms with van der Waals surface area (Å²) in [7, 11) is -3.66. The second-order valence-electron chi connectivity index (χ2n) is 5.85. The summed E-state index contributed by atoms with van der Waals surface area (Å²) in [4.78, 5) is 12.6. The molecular weight excluding hydrogens is 439 g/mol. The van der Waals surface area contributed by atoms with E-state index in [1.807, 2.05) is 0 Å². The fraction of sp³-hybridized carbons (Fsp3) is 0.312. The number of nitrogens with zero attached hydrogens (tertiary/aromatic N) is 1. The molecule has 0 saturated carbocycles. The van der Waals surface area contributed by atoms with Gasteiger partial charge in [0.05, 0.1) is 26.0 Å². The molecule has 1 atom stereocenters. The fourth-order valence-corrected chi connectivity index (χ4v) is 6.28. The van der Waals surface area contributed by atoms with Gasteiger partial charge in [-0.25, -0.2) is 8.42 Å². The van der Waals surface area contributed by atoms with E-state index in [2.05, 4.69) is 5.32 Å². The summed E-state index contributed by atoms with van der Waals surface area (Å²) >= 11 is 18.9. The van der Waals surface area contributed by atoms with E-state index in [-0.39, 0.29) is 21.7 Å². The third kappa shape index (κ3) is 4.18. The highest BCUT2D eigenvalue weighted by molar-refractivity contribution is 7.91. The van der Waals surface area contributed by atoms with Crippen LogP contribution in [0.3, 0.4) is 0 Å². The third-order valence-electron chi connectivity index (χ3n) is 4.11. The van der Waals surface area contributed by atoms with E-state index in [0.29, 0.717) is 34.4 Å². The molecule has 1 aliphatic heterocycles. The lowest BCUT2D eigenvalue weighted by molar-refractivity contribution is -0.120. The van der Waals surface area contributed by atoms with Crippen molar-refractivity contribution in [3.8, 4) is 0 Å². The molecule has 3 rings (SSSR count). The zero-order chi connectivity index (χ0) is 18.9. The van der Waals surface area contributed by atoms with Gasteiger partial charge in [-0.15, -0.1) is 11.3 Å². The second-order valence-corrected chi connectivity index (χ2v) is 10.5. The SMILES string of the molecule is O=C(Nc1cccc(Cl)c1Cl)C1CCCN(S(=O)(=O)c2ccc(Cl)s2)C1. The molecule has 1 fully saturated rings. The number of piperidine rings is 1. The Labute approximate surface area is 170 Å². The van der Waals surface area contributed by atoms with Crippen molar-refractivity contribution in [2.24, 2.45) is 5.92 Å². The minimum Gasteiger partial charge on any atom is -0.324 e. The van der Waals surface area contributed by atoms with Crippen LogP contribution < -0.4 is 5.32 Å². The Balaban J connectivity index is 1.74. The van der Waals surface area contributed by atoms with Crippen molar-refractivity contribution in [1.29, 1.82) is 0 Å². The third-order valence-corrected chi connectivity index (χ3v) is 8.49. The Morgan fingerprint density at radius 3 is 2.65 bits per heavy atom. The molecule has 0 spiro atoms. The van der Waals surface area contributed by atoms with E-state index < -0.39 is 15.9 Å². The number of thiophene rings is 1. The van der Waals surface area contributed by atoms with E-state index in [1.165, 1.54) is 10.4 Å². The zero-order valence-electron chi connectivity index (χ0n) is 13.4. The first kappa shape index (κ1) is 19.9. The Morgan fingerprint density at radius 2 is 1.96 bits per heavy atom. The lowest BCUT2D eigenvalue weighted by atomic mass is 9.99. The Kier molecular flexibility index (Phi) is 6.16. The predicted octanol–water partition coefficient (Wildman–Crippen LogP) is 4.75. The molecule has 0 bridgehead atoms. The maximum atomic E-state index is 12.7. The van der Waals surface area contributed by atoms with Gasteiger partial charge in [-0.05, 0) is 37.1 Å². The van der Waals surface area contributed by atoms with E-state index in [9.17, 15) is 13.2 Å². The summed E-state index contributed by atoms with van der Waals surface area (Å²) in [6, 6.07) is 7.99. The predicted molar refractivity (Wildman–Crippen MR) is 106 cm³/mol. The van der Waals surface area contributed by atoms with Crippen molar-refractivity contribution in [3.05, 3.63) is 44.7 Å². The van der Waals surface area contributed by atoms with Gasteiger partial charge in [0.15, 0.2) is 0 Å². The Morgan fingerprint density at radius 1 is 1.19 bits per heavy atom. The molecule has 1 N–H and O–H groups in total. The molecule has 10 heteroatoms. The molecule has 1 aromatic heterocycles. The number of carbonyl (C=O) groups is 1. The van der Waals surface area contributed by atoms with Crippen molar-refractivity contribution in [1.82, 2.24) is 4.31 Å². The highest BCUT2D eigenvalue weighted by Gasteiger charge is 2.34. The molecule has 0 aliphatic carbocycles. The first-order valence-electron chi connectivity index (χ1n) is 7.79. The van der Waals surface area contributed by atoms with Crippen LogP contribution in [0.15, 0.2) is 34.5 Å². The molecule has 1 unspecified atom stereocenters. The van der Waals surface area contributed by atoms with Crippen molar-refractivity contribution >= 4 is 67.8 Å². The van der Waals surface area contributed by atoms with Crippen LogP contribution in [-0.2, 0) is 14.8 Å². The number of amides is 1. The van der Waals surface area contributed by atoms with Gasteiger partial charge in [-0.3, -0.25) is 4.79 Å². The highest BCUT2D eigenvalue weighted by Crippen LogP contribution is 2.32. The summed E-state index contributed by atoms with van der Waals surface area (Å²) in [5.41, 5.74) is 0.411. The summed E-state index contributed by atoms with van der Waals surface area (Å²) < 4.78 is 27.4. The molecule has 0 radical (unpaired) electrons. The van der Waals surface area contributed by atoms with Gasteiger partial charge in [-0.1, -0.05) is 40.9 Å². The number of hydrogen-bond acceptors (Lipinski definition) is 4. The van der Waals surface area contributed by atoms with Gasteiger partial charge in [-0.2, -0.15) is 4.31 Å². The Hall–Kier alpha value is -0.830. The molecule has 1 saturated heterocycles. The normalized spacial score (nSPS) is 18.7. The van der Waals surface area contributed by atoms with E-state index in [4.69, 9.17) is 34.8 Å². The van der Waals surface area contributed by atoms with Crippen molar-refractivity contribution in [2.75, 3.05) is 18.4 Å². The number of hydrogen-bond donors (Lipinski definition) is 1. The molecule has 1 aliphatic rings. The lowest BCUT2D eigenvalue weighted by Crippen LogP contribution is -2.43.